The van der Waals surface area contributed by atoms with E-state index in [1.54, 1.807) is 24.6 Å². The van der Waals surface area contributed by atoms with Crippen molar-refractivity contribution in [2.45, 2.75) is 20.4 Å². The maximum Gasteiger partial charge on any atom is 0.343 e. The third-order valence-electron chi connectivity index (χ3n) is 3.95. The van der Waals surface area contributed by atoms with Crippen LogP contribution in [0.1, 0.15) is 27.4 Å². The molecule has 0 atom stereocenters. The van der Waals surface area contributed by atoms with Crippen molar-refractivity contribution in [3.05, 3.63) is 67.9 Å². The topological polar surface area (TPSA) is 119 Å². The predicted molar refractivity (Wildman–Crippen MR) is 95.4 cm³/mol. The zero-order chi connectivity index (χ0) is 19.7. The highest BCUT2D eigenvalue weighted by Gasteiger charge is 2.20. The molecular weight excluding hydrogens is 379 g/mol. The van der Waals surface area contributed by atoms with Crippen molar-refractivity contribution in [2.24, 2.45) is 0 Å². The molecule has 0 saturated carbocycles. The summed E-state index contributed by atoms with van der Waals surface area (Å²) in [6, 6.07) is 5.13. The molecule has 2 heterocycles. The Morgan fingerprint density at radius 1 is 1.41 bits per heavy atom. The van der Waals surface area contributed by atoms with Crippen LogP contribution in [0.25, 0.3) is 0 Å². The van der Waals surface area contributed by atoms with Gasteiger partial charge >= 0.3 is 5.82 Å². The summed E-state index contributed by atoms with van der Waals surface area (Å²) < 4.78 is 14.8. The van der Waals surface area contributed by atoms with Crippen molar-refractivity contribution in [3.63, 3.8) is 0 Å². The van der Waals surface area contributed by atoms with E-state index in [2.05, 4.69) is 20.6 Å². The lowest BCUT2D eigenvalue weighted by atomic mass is 10.2. The largest absolute Gasteiger partial charge is 0.358 e. The third-order valence-corrected chi connectivity index (χ3v) is 4.30. The smallest absolute Gasteiger partial charge is 0.343 e. The molecule has 0 aliphatic rings. The van der Waals surface area contributed by atoms with E-state index in [0.29, 0.717) is 22.6 Å². The molecule has 0 aliphatic heterocycles. The summed E-state index contributed by atoms with van der Waals surface area (Å²) in [5.41, 5.74) is 2.21. The van der Waals surface area contributed by atoms with Crippen molar-refractivity contribution < 1.29 is 14.1 Å². The Labute approximate surface area is 157 Å². The van der Waals surface area contributed by atoms with Crippen LogP contribution >= 0.6 is 11.6 Å². The van der Waals surface area contributed by atoms with Crippen molar-refractivity contribution in [1.29, 1.82) is 0 Å². The number of hydrogen-bond donors (Lipinski definition) is 2. The number of aromatic nitrogens is 4. The van der Waals surface area contributed by atoms with Gasteiger partial charge in [-0.2, -0.15) is 5.10 Å². The molecule has 1 amide bonds. The van der Waals surface area contributed by atoms with E-state index in [0.717, 1.165) is 6.07 Å². The van der Waals surface area contributed by atoms with E-state index >= 15 is 0 Å². The van der Waals surface area contributed by atoms with Gasteiger partial charge in [-0.25, -0.2) is 4.39 Å². The number of benzene rings is 1. The number of nitrogens with zero attached hydrogens (tertiary/aromatic N) is 4. The average molecular weight is 393 g/mol. The average Bonchev–Trinajstić information content (AvgIpc) is 3.19. The fraction of sp³-hybridized carbons (Fsp3) is 0.188. The van der Waals surface area contributed by atoms with Crippen LogP contribution in [0.5, 0.6) is 0 Å². The molecule has 0 bridgehead atoms. The summed E-state index contributed by atoms with van der Waals surface area (Å²) >= 11 is 6.05. The van der Waals surface area contributed by atoms with Crippen LogP contribution in [0.2, 0.25) is 5.02 Å². The Hall–Kier alpha value is -3.27. The fourth-order valence-electron chi connectivity index (χ4n) is 2.54. The first-order valence-corrected chi connectivity index (χ1v) is 8.13. The van der Waals surface area contributed by atoms with E-state index in [1.165, 1.54) is 12.1 Å². The minimum Gasteiger partial charge on any atom is -0.358 e. The molecule has 3 aromatic rings. The maximum absolute atomic E-state index is 13.2. The number of aromatic amines is 1. The number of anilines is 1. The number of aryl methyl sites for hydroxylation is 1. The van der Waals surface area contributed by atoms with Crippen LogP contribution in [0.15, 0.2) is 24.3 Å². The van der Waals surface area contributed by atoms with Crippen molar-refractivity contribution in [2.75, 3.05) is 5.32 Å². The van der Waals surface area contributed by atoms with Crippen LogP contribution in [-0.4, -0.2) is 30.8 Å². The first-order valence-electron chi connectivity index (χ1n) is 7.75. The Kier molecular flexibility index (Phi) is 4.91. The number of nitro groups is 1. The molecule has 0 fully saturated rings. The molecule has 0 spiro atoms. The van der Waals surface area contributed by atoms with E-state index in [4.69, 9.17) is 11.6 Å². The molecule has 140 valence electrons. The number of carbonyl (C=O) groups excluding carboxylic acids is 1. The van der Waals surface area contributed by atoms with Crippen molar-refractivity contribution in [3.8, 4) is 0 Å². The van der Waals surface area contributed by atoms with Crippen LogP contribution in [0, 0.1) is 29.8 Å². The highest BCUT2D eigenvalue weighted by atomic mass is 35.5. The van der Waals surface area contributed by atoms with E-state index < -0.39 is 16.6 Å². The number of halogens is 2. The molecule has 2 aromatic heterocycles. The van der Waals surface area contributed by atoms with Crippen molar-refractivity contribution in [1.82, 2.24) is 20.0 Å². The first kappa shape index (κ1) is 18.5. The number of hydrogen-bond acceptors (Lipinski definition) is 5. The van der Waals surface area contributed by atoms with Gasteiger partial charge in [0.15, 0.2) is 5.69 Å². The Morgan fingerprint density at radius 2 is 2.15 bits per heavy atom. The second-order valence-corrected chi connectivity index (χ2v) is 6.20. The Bertz CT molecular complexity index is 1040. The zero-order valence-corrected chi connectivity index (χ0v) is 15.0. The predicted octanol–water partition coefficient (Wildman–Crippen LogP) is 3.22. The summed E-state index contributed by atoms with van der Waals surface area (Å²) in [7, 11) is 0. The number of carbonyl (C=O) groups is 1. The number of nitrogens with one attached hydrogen (secondary N) is 2. The van der Waals surface area contributed by atoms with Gasteiger partial charge in [-0.15, -0.1) is 5.10 Å². The van der Waals surface area contributed by atoms with Gasteiger partial charge in [0, 0.05) is 5.02 Å². The molecule has 11 heteroatoms. The molecule has 2 N–H and O–H groups in total. The van der Waals surface area contributed by atoms with Gasteiger partial charge in [0.25, 0.3) is 5.91 Å². The molecule has 3 rings (SSSR count). The summed E-state index contributed by atoms with van der Waals surface area (Å²) in [5.74, 6) is -1.42. The molecular formula is C16H14ClFN6O3. The second-order valence-electron chi connectivity index (χ2n) is 5.79. The molecule has 0 saturated heterocycles. The standard InChI is InChI=1S/C16H14ClFN6O3/c1-8-15(19-16(25)13-6-14(21-20-13)24(26)27)9(2)23(22-8)7-10-3-4-11(18)5-12(10)17/h3-6H,7H2,1-2H3,(H,19,25)(H,20,21). The summed E-state index contributed by atoms with van der Waals surface area (Å²) in [6.07, 6.45) is 0. The van der Waals surface area contributed by atoms with E-state index in [1.807, 2.05) is 0 Å². The number of rotatable bonds is 5. The van der Waals surface area contributed by atoms with Gasteiger partial charge in [-0.05, 0) is 36.5 Å². The lowest BCUT2D eigenvalue weighted by Gasteiger charge is -2.08. The normalized spacial score (nSPS) is 10.8. The van der Waals surface area contributed by atoms with Gasteiger partial charge in [-0.3, -0.25) is 9.48 Å². The van der Waals surface area contributed by atoms with Crippen LogP contribution in [0.3, 0.4) is 0 Å². The van der Waals surface area contributed by atoms with Crippen LogP contribution < -0.4 is 5.32 Å². The van der Waals surface area contributed by atoms with Gasteiger partial charge in [0.05, 0.1) is 29.7 Å². The monoisotopic (exact) mass is 392 g/mol. The number of amides is 1. The lowest BCUT2D eigenvalue weighted by molar-refractivity contribution is -0.389. The Morgan fingerprint density at radius 3 is 2.78 bits per heavy atom. The second kappa shape index (κ2) is 7.16. The van der Waals surface area contributed by atoms with Crippen molar-refractivity contribution >= 4 is 29.0 Å². The van der Waals surface area contributed by atoms with Crippen LogP contribution in [-0.2, 0) is 6.54 Å². The maximum atomic E-state index is 13.2. The highest BCUT2D eigenvalue weighted by molar-refractivity contribution is 6.31. The molecule has 0 radical (unpaired) electrons. The van der Waals surface area contributed by atoms with E-state index in [9.17, 15) is 19.3 Å². The van der Waals surface area contributed by atoms with Crippen LogP contribution in [0.4, 0.5) is 15.9 Å². The minimum absolute atomic E-state index is 0.116. The zero-order valence-electron chi connectivity index (χ0n) is 14.3. The van der Waals surface area contributed by atoms with Gasteiger partial charge in [-0.1, -0.05) is 22.8 Å². The fourth-order valence-corrected chi connectivity index (χ4v) is 2.77. The van der Waals surface area contributed by atoms with Gasteiger partial charge in [0.2, 0.25) is 0 Å². The van der Waals surface area contributed by atoms with Gasteiger partial charge < -0.3 is 15.4 Å². The summed E-state index contributed by atoms with van der Waals surface area (Å²) in [6.45, 7) is 3.74. The molecule has 0 aliphatic carbocycles. The highest BCUT2D eigenvalue weighted by Crippen LogP contribution is 2.24. The van der Waals surface area contributed by atoms with E-state index in [-0.39, 0.29) is 23.1 Å². The Balaban J connectivity index is 1.82. The number of H-pyrrole nitrogens is 1. The molecule has 9 nitrogen and oxygen atoms in total. The SMILES string of the molecule is Cc1nn(Cc2ccc(F)cc2Cl)c(C)c1NC(=O)c1cc([N+](=O)[O-])[nH]n1. The third kappa shape index (κ3) is 3.80. The molecule has 27 heavy (non-hydrogen) atoms. The quantitative estimate of drug-likeness (QED) is 0.510. The first-order chi connectivity index (χ1) is 12.8. The molecule has 1 aromatic carbocycles. The molecule has 0 unspecified atom stereocenters. The van der Waals surface area contributed by atoms with Gasteiger partial charge in [0.1, 0.15) is 5.82 Å². The summed E-state index contributed by atoms with van der Waals surface area (Å²) in [4.78, 5) is 22.3. The lowest BCUT2D eigenvalue weighted by Crippen LogP contribution is -2.14. The summed E-state index contributed by atoms with van der Waals surface area (Å²) in [5, 5.41) is 23.8. The minimum atomic E-state index is -0.676.